The van der Waals surface area contributed by atoms with Crippen molar-refractivity contribution in [3.63, 3.8) is 0 Å². The van der Waals surface area contributed by atoms with Gasteiger partial charge in [0.15, 0.2) is 0 Å². The van der Waals surface area contributed by atoms with Crippen LogP contribution in [0, 0.1) is 5.92 Å². The number of hydrogen-bond donors (Lipinski definition) is 4. The molecule has 2 fully saturated rings. The lowest BCUT2D eigenvalue weighted by molar-refractivity contribution is -0.124. The van der Waals surface area contributed by atoms with E-state index in [2.05, 4.69) is 20.6 Å². The molecule has 0 spiro atoms. The van der Waals surface area contributed by atoms with Crippen LogP contribution in [0.2, 0.25) is 0 Å². The molecule has 0 radical (unpaired) electrons. The van der Waals surface area contributed by atoms with Gasteiger partial charge >= 0.3 is 0 Å². The van der Waals surface area contributed by atoms with Gasteiger partial charge in [0.05, 0.1) is 5.54 Å². The van der Waals surface area contributed by atoms with Crippen molar-refractivity contribution in [2.24, 2.45) is 5.92 Å². The molecule has 0 bridgehead atoms. The Labute approximate surface area is 154 Å². The minimum atomic E-state index is -0.577. The van der Waals surface area contributed by atoms with Crippen molar-refractivity contribution < 1.29 is 10.0 Å². The zero-order valence-corrected chi connectivity index (χ0v) is 15.2. The second-order valence-electron chi connectivity index (χ2n) is 7.54. The van der Waals surface area contributed by atoms with Crippen molar-refractivity contribution in [1.29, 1.82) is 0 Å². The topological polar surface area (TPSA) is 99.2 Å². The third kappa shape index (κ3) is 5.25. The molecule has 142 valence electrons. The molecule has 26 heavy (non-hydrogen) atoms. The van der Waals surface area contributed by atoms with Crippen LogP contribution in [-0.4, -0.2) is 39.7 Å². The molecule has 0 aromatic carbocycles. The molecule has 1 aromatic rings. The average molecular weight is 359 g/mol. The van der Waals surface area contributed by atoms with Gasteiger partial charge in [-0.05, 0) is 37.8 Å². The first-order chi connectivity index (χ1) is 12.7. The van der Waals surface area contributed by atoms with Crippen LogP contribution in [0.3, 0.4) is 0 Å². The molecular weight excluding hydrogens is 330 g/mol. The number of anilines is 1. The second kappa shape index (κ2) is 9.09. The Bertz CT molecular complexity index is 605. The van der Waals surface area contributed by atoms with Crippen LogP contribution in [-0.2, 0) is 4.79 Å². The molecular formula is C19H29N5O2. The summed E-state index contributed by atoms with van der Waals surface area (Å²) in [4.78, 5) is 19.9. The van der Waals surface area contributed by atoms with E-state index in [0.717, 1.165) is 31.8 Å². The van der Waals surface area contributed by atoms with Gasteiger partial charge in [-0.2, -0.15) is 0 Å². The number of hydrogen-bond acceptors (Lipinski definition) is 6. The molecule has 1 aliphatic carbocycles. The highest BCUT2D eigenvalue weighted by molar-refractivity contribution is 5.90. The summed E-state index contributed by atoms with van der Waals surface area (Å²) in [6.07, 6.45) is 16.4. The summed E-state index contributed by atoms with van der Waals surface area (Å²) in [6.45, 7) is 2.02. The van der Waals surface area contributed by atoms with Crippen molar-refractivity contribution in [3.8, 4) is 0 Å². The summed E-state index contributed by atoms with van der Waals surface area (Å²) in [5.74, 6) is 0.843. The number of nitrogens with zero attached hydrogens (tertiary/aromatic N) is 2. The first-order valence-corrected chi connectivity index (χ1v) is 9.62. The first kappa shape index (κ1) is 18.8. The summed E-state index contributed by atoms with van der Waals surface area (Å²) in [6, 6.07) is 0. The molecule has 4 N–H and O–H groups in total. The fraction of sp³-hybridized carbons (Fsp3) is 0.632. The number of nitrogens with one attached hydrogen (secondary N) is 3. The van der Waals surface area contributed by atoms with Gasteiger partial charge < -0.3 is 10.6 Å². The molecule has 0 unspecified atom stereocenters. The quantitative estimate of drug-likeness (QED) is 0.354. The van der Waals surface area contributed by atoms with Crippen molar-refractivity contribution >= 4 is 17.9 Å². The molecule has 1 atom stereocenters. The smallest absolute Gasteiger partial charge is 0.267 e. The van der Waals surface area contributed by atoms with Crippen LogP contribution in [0.5, 0.6) is 0 Å². The number of rotatable bonds is 6. The molecule has 1 saturated carbocycles. The molecule has 3 rings (SSSR count). The first-order valence-electron chi connectivity index (χ1n) is 9.62. The van der Waals surface area contributed by atoms with Crippen LogP contribution in [0.25, 0.3) is 6.08 Å². The van der Waals surface area contributed by atoms with Gasteiger partial charge in [0.25, 0.3) is 5.91 Å². The van der Waals surface area contributed by atoms with Gasteiger partial charge in [0.2, 0.25) is 5.95 Å². The summed E-state index contributed by atoms with van der Waals surface area (Å²) in [7, 11) is 0. The number of piperidine rings is 1. The lowest BCUT2D eigenvalue weighted by Gasteiger charge is -2.41. The normalized spacial score (nSPS) is 24.5. The Morgan fingerprint density at radius 2 is 2.04 bits per heavy atom. The van der Waals surface area contributed by atoms with E-state index >= 15 is 0 Å². The van der Waals surface area contributed by atoms with Crippen molar-refractivity contribution in [2.75, 3.05) is 18.4 Å². The Hall–Kier alpha value is -1.99. The van der Waals surface area contributed by atoms with E-state index in [1.54, 1.807) is 23.9 Å². The maximum atomic E-state index is 11.0. The molecule has 1 amide bonds. The van der Waals surface area contributed by atoms with Gasteiger partial charge in [-0.25, -0.2) is 15.4 Å². The van der Waals surface area contributed by atoms with E-state index < -0.39 is 5.91 Å². The summed E-state index contributed by atoms with van der Waals surface area (Å²) in [5.41, 5.74) is 2.29. The van der Waals surface area contributed by atoms with Gasteiger partial charge in [-0.1, -0.05) is 32.1 Å². The molecule has 7 nitrogen and oxygen atoms in total. The van der Waals surface area contributed by atoms with Crippen molar-refractivity contribution in [2.45, 2.75) is 56.9 Å². The van der Waals surface area contributed by atoms with E-state index in [1.807, 2.05) is 0 Å². The summed E-state index contributed by atoms with van der Waals surface area (Å²) < 4.78 is 0. The SMILES string of the molecule is O=C(/C=C/c1cnc(N[C@@]2(CC3CCCCC3)CCCNC2)nc1)NO. The van der Waals surface area contributed by atoms with Crippen LogP contribution in [0.1, 0.15) is 56.9 Å². The van der Waals surface area contributed by atoms with E-state index in [9.17, 15) is 4.79 Å². The fourth-order valence-corrected chi connectivity index (χ4v) is 4.18. The van der Waals surface area contributed by atoms with E-state index in [0.29, 0.717) is 11.5 Å². The largest absolute Gasteiger partial charge is 0.347 e. The number of carbonyl (C=O) groups excluding carboxylic acids is 1. The molecule has 1 aliphatic heterocycles. The lowest BCUT2D eigenvalue weighted by Crippen LogP contribution is -2.52. The van der Waals surface area contributed by atoms with Crippen molar-refractivity contribution in [3.05, 3.63) is 24.0 Å². The Morgan fingerprint density at radius 1 is 1.27 bits per heavy atom. The molecule has 1 aromatic heterocycles. The van der Waals surface area contributed by atoms with Crippen LogP contribution < -0.4 is 16.1 Å². The van der Waals surface area contributed by atoms with Crippen LogP contribution in [0.4, 0.5) is 5.95 Å². The highest BCUT2D eigenvalue weighted by Gasteiger charge is 2.35. The minimum Gasteiger partial charge on any atom is -0.347 e. The third-order valence-electron chi connectivity index (χ3n) is 5.46. The molecule has 2 aliphatic rings. The highest BCUT2D eigenvalue weighted by atomic mass is 16.5. The Kier molecular flexibility index (Phi) is 6.57. The number of hydroxylamine groups is 1. The maximum absolute atomic E-state index is 11.0. The van der Waals surface area contributed by atoms with Gasteiger partial charge in [0.1, 0.15) is 0 Å². The minimum absolute atomic E-state index is 0.0222. The van der Waals surface area contributed by atoms with E-state index in [1.165, 1.54) is 44.6 Å². The zero-order chi connectivity index (χ0) is 18.2. The number of carbonyl (C=O) groups is 1. The van der Waals surface area contributed by atoms with Gasteiger partial charge in [-0.15, -0.1) is 0 Å². The summed E-state index contributed by atoms with van der Waals surface area (Å²) in [5, 5.41) is 15.7. The highest BCUT2D eigenvalue weighted by Crippen LogP contribution is 2.35. The van der Waals surface area contributed by atoms with Gasteiger partial charge in [0, 0.05) is 30.6 Å². The van der Waals surface area contributed by atoms with Crippen LogP contribution >= 0.6 is 0 Å². The summed E-state index contributed by atoms with van der Waals surface area (Å²) >= 11 is 0. The Morgan fingerprint density at radius 3 is 2.69 bits per heavy atom. The van der Waals surface area contributed by atoms with Crippen molar-refractivity contribution in [1.82, 2.24) is 20.8 Å². The predicted octanol–water partition coefficient (Wildman–Crippen LogP) is 2.50. The van der Waals surface area contributed by atoms with E-state index in [4.69, 9.17) is 5.21 Å². The lowest BCUT2D eigenvalue weighted by atomic mass is 9.76. The average Bonchev–Trinajstić information content (AvgIpc) is 2.68. The van der Waals surface area contributed by atoms with E-state index in [-0.39, 0.29) is 5.54 Å². The van der Waals surface area contributed by atoms with Crippen LogP contribution in [0.15, 0.2) is 18.5 Å². The zero-order valence-electron chi connectivity index (χ0n) is 15.2. The second-order valence-corrected chi connectivity index (χ2v) is 7.54. The molecule has 1 saturated heterocycles. The van der Waals surface area contributed by atoms with Gasteiger partial charge in [-0.3, -0.25) is 10.0 Å². The number of amides is 1. The Balaban J connectivity index is 1.66. The predicted molar refractivity (Wildman–Crippen MR) is 101 cm³/mol. The maximum Gasteiger partial charge on any atom is 0.267 e. The fourth-order valence-electron chi connectivity index (χ4n) is 4.18. The standard InChI is InChI=1S/C19H29N5O2/c25-17(24-26)8-7-16-12-21-18(22-13-16)23-19(9-4-10-20-14-19)11-15-5-2-1-3-6-15/h7-8,12-13,15,20,26H,1-6,9-11,14H2,(H,24,25)(H,21,22,23)/b8-7+/t19-/m1/s1. The third-order valence-corrected chi connectivity index (χ3v) is 5.46. The number of aromatic nitrogens is 2. The molecule has 7 heteroatoms. The monoisotopic (exact) mass is 359 g/mol. The molecule has 2 heterocycles.